The summed E-state index contributed by atoms with van der Waals surface area (Å²) in [4.78, 5) is 12.5. The number of urea groups is 1. The molecule has 1 heterocycles. The van der Waals surface area contributed by atoms with Gasteiger partial charge in [0, 0.05) is 25.7 Å². The highest BCUT2D eigenvalue weighted by molar-refractivity contribution is 7.89. The first kappa shape index (κ1) is 25.5. The molecule has 0 aliphatic carbocycles. The Hall–Kier alpha value is -3.09. The van der Waals surface area contributed by atoms with Crippen LogP contribution in [0.3, 0.4) is 0 Å². The number of hydrogen-bond donors (Lipinski definition) is 2. The van der Waals surface area contributed by atoms with Crippen LogP contribution in [0, 0.1) is 0 Å². The standard InChI is InChI=1S/C21H27ClN6O5S/c1-5-27(6-2)34(30,31)14-7-8-18-16(11-14)25-26-28(18)10-9-23-21(29)24-17-12-15(22)19(32-3)13-20(17)33-4/h7-8,11-13H,5-6,9-10H2,1-4H3,(H2,23,24,29). The third-order valence-corrected chi connectivity index (χ3v) is 7.50. The summed E-state index contributed by atoms with van der Waals surface area (Å²) >= 11 is 6.13. The van der Waals surface area contributed by atoms with Gasteiger partial charge < -0.3 is 20.1 Å². The number of fused-ring (bicyclic) bond motifs is 1. The topological polar surface area (TPSA) is 128 Å². The fourth-order valence-electron chi connectivity index (χ4n) is 3.39. The number of carbonyl (C=O) groups is 1. The van der Waals surface area contributed by atoms with E-state index in [1.165, 1.54) is 36.7 Å². The van der Waals surface area contributed by atoms with Crippen LogP contribution < -0.4 is 20.1 Å². The van der Waals surface area contributed by atoms with Crippen LogP contribution in [0.25, 0.3) is 11.0 Å². The van der Waals surface area contributed by atoms with Crippen LogP contribution in [0.4, 0.5) is 10.5 Å². The fraction of sp³-hybridized carbons (Fsp3) is 0.381. The maximum absolute atomic E-state index is 12.7. The molecule has 3 aromatic rings. The molecule has 0 aliphatic heterocycles. The molecule has 2 aromatic carbocycles. The van der Waals surface area contributed by atoms with Crippen molar-refractivity contribution >= 4 is 44.4 Å². The smallest absolute Gasteiger partial charge is 0.319 e. The van der Waals surface area contributed by atoms with Crippen molar-refractivity contribution in [3.05, 3.63) is 35.4 Å². The number of amides is 2. The van der Waals surface area contributed by atoms with Crippen molar-refractivity contribution in [1.29, 1.82) is 0 Å². The highest BCUT2D eigenvalue weighted by Crippen LogP contribution is 2.35. The minimum atomic E-state index is -3.59. The van der Waals surface area contributed by atoms with Crippen LogP contribution in [-0.4, -0.2) is 67.6 Å². The molecule has 0 atom stereocenters. The number of ether oxygens (including phenoxy) is 2. The van der Waals surface area contributed by atoms with E-state index in [1.807, 2.05) is 0 Å². The molecule has 13 heteroatoms. The molecule has 184 valence electrons. The zero-order valence-corrected chi connectivity index (χ0v) is 20.9. The highest BCUT2D eigenvalue weighted by atomic mass is 35.5. The van der Waals surface area contributed by atoms with Crippen LogP contribution in [-0.2, 0) is 16.6 Å². The average molecular weight is 511 g/mol. The van der Waals surface area contributed by atoms with Crippen molar-refractivity contribution in [2.45, 2.75) is 25.3 Å². The van der Waals surface area contributed by atoms with Crippen molar-refractivity contribution in [2.75, 3.05) is 39.2 Å². The minimum Gasteiger partial charge on any atom is -0.495 e. The normalized spacial score (nSPS) is 11.6. The molecular weight excluding hydrogens is 484 g/mol. The van der Waals surface area contributed by atoms with Gasteiger partial charge in [-0.3, -0.25) is 0 Å². The van der Waals surface area contributed by atoms with Gasteiger partial charge in [-0.25, -0.2) is 17.9 Å². The zero-order chi connectivity index (χ0) is 24.9. The number of nitrogens with one attached hydrogen (secondary N) is 2. The lowest BCUT2D eigenvalue weighted by Gasteiger charge is -2.18. The molecule has 0 bridgehead atoms. The Bertz CT molecular complexity index is 1280. The summed E-state index contributed by atoms with van der Waals surface area (Å²) in [5.74, 6) is 0.824. The number of benzene rings is 2. The molecule has 0 radical (unpaired) electrons. The van der Waals surface area contributed by atoms with E-state index in [9.17, 15) is 13.2 Å². The monoisotopic (exact) mass is 510 g/mol. The van der Waals surface area contributed by atoms with Gasteiger partial charge in [0.1, 0.15) is 17.0 Å². The van der Waals surface area contributed by atoms with Crippen molar-refractivity contribution in [3.8, 4) is 11.5 Å². The van der Waals surface area contributed by atoms with Gasteiger partial charge in [0.2, 0.25) is 10.0 Å². The predicted molar refractivity (Wildman–Crippen MR) is 129 cm³/mol. The molecule has 0 spiro atoms. The number of anilines is 1. The van der Waals surface area contributed by atoms with E-state index in [-0.39, 0.29) is 11.4 Å². The number of nitrogens with zero attached hydrogens (tertiary/aromatic N) is 4. The predicted octanol–water partition coefficient (Wildman–Crippen LogP) is 2.95. The summed E-state index contributed by atoms with van der Waals surface area (Å²) in [7, 11) is -0.634. The summed E-state index contributed by atoms with van der Waals surface area (Å²) in [5, 5.41) is 13.9. The van der Waals surface area contributed by atoms with Crippen LogP contribution in [0.5, 0.6) is 11.5 Å². The molecule has 34 heavy (non-hydrogen) atoms. The van der Waals surface area contributed by atoms with E-state index in [0.29, 0.717) is 52.9 Å². The molecule has 2 amide bonds. The number of hydrogen-bond acceptors (Lipinski definition) is 7. The molecule has 1 aromatic heterocycles. The lowest BCUT2D eigenvalue weighted by atomic mass is 10.2. The molecule has 0 saturated carbocycles. The van der Waals surface area contributed by atoms with Crippen LogP contribution >= 0.6 is 11.6 Å². The zero-order valence-electron chi connectivity index (χ0n) is 19.3. The van der Waals surface area contributed by atoms with Crippen LogP contribution in [0.15, 0.2) is 35.2 Å². The summed E-state index contributed by atoms with van der Waals surface area (Å²) in [6, 6.07) is 7.36. The second-order valence-corrected chi connectivity index (χ2v) is 9.47. The number of rotatable bonds is 10. The minimum absolute atomic E-state index is 0.167. The van der Waals surface area contributed by atoms with Crippen molar-refractivity contribution in [1.82, 2.24) is 24.6 Å². The SMILES string of the molecule is CCN(CC)S(=O)(=O)c1ccc2c(c1)nnn2CCNC(=O)Nc1cc(Cl)c(OC)cc1OC. The Morgan fingerprint density at radius 2 is 1.82 bits per heavy atom. The Morgan fingerprint density at radius 1 is 1.12 bits per heavy atom. The molecule has 2 N–H and O–H groups in total. The van der Waals surface area contributed by atoms with Gasteiger partial charge in [0.25, 0.3) is 0 Å². The number of methoxy groups -OCH3 is 2. The Balaban J connectivity index is 1.65. The number of sulfonamides is 1. The second kappa shape index (κ2) is 10.9. The van der Waals surface area contributed by atoms with Gasteiger partial charge in [0.05, 0.1) is 41.9 Å². The third kappa shape index (κ3) is 5.34. The number of carbonyl (C=O) groups excluding carboxylic acids is 1. The summed E-state index contributed by atoms with van der Waals surface area (Å²) < 4.78 is 38.9. The van der Waals surface area contributed by atoms with Gasteiger partial charge in [0.15, 0.2) is 0 Å². The van der Waals surface area contributed by atoms with Gasteiger partial charge >= 0.3 is 6.03 Å². The highest BCUT2D eigenvalue weighted by Gasteiger charge is 2.22. The Kier molecular flexibility index (Phi) is 8.18. The molecule has 0 unspecified atom stereocenters. The third-order valence-electron chi connectivity index (χ3n) is 5.16. The summed E-state index contributed by atoms with van der Waals surface area (Å²) in [6.45, 7) is 4.91. The largest absolute Gasteiger partial charge is 0.495 e. The quantitative estimate of drug-likeness (QED) is 0.429. The maximum Gasteiger partial charge on any atom is 0.319 e. The number of aromatic nitrogens is 3. The molecular formula is C21H27ClN6O5S. The first-order valence-electron chi connectivity index (χ1n) is 10.5. The van der Waals surface area contributed by atoms with E-state index in [2.05, 4.69) is 20.9 Å². The van der Waals surface area contributed by atoms with Gasteiger partial charge in [-0.15, -0.1) is 5.10 Å². The maximum atomic E-state index is 12.7. The average Bonchev–Trinajstić information content (AvgIpc) is 3.22. The van der Waals surface area contributed by atoms with E-state index in [0.717, 1.165) is 0 Å². The first-order chi connectivity index (χ1) is 16.2. The first-order valence-corrected chi connectivity index (χ1v) is 12.4. The molecule has 0 aliphatic rings. The molecule has 0 saturated heterocycles. The van der Waals surface area contributed by atoms with Crippen molar-refractivity contribution < 1.29 is 22.7 Å². The van der Waals surface area contributed by atoms with Gasteiger partial charge in [-0.2, -0.15) is 4.31 Å². The Morgan fingerprint density at radius 3 is 2.47 bits per heavy atom. The Labute approximate surface area is 203 Å². The summed E-state index contributed by atoms with van der Waals surface area (Å²) in [6.07, 6.45) is 0. The molecule has 0 fully saturated rings. The lowest BCUT2D eigenvalue weighted by Crippen LogP contribution is -2.31. The summed E-state index contributed by atoms with van der Waals surface area (Å²) in [5.41, 5.74) is 1.50. The van der Waals surface area contributed by atoms with E-state index in [1.54, 1.807) is 30.7 Å². The van der Waals surface area contributed by atoms with Crippen LogP contribution in [0.1, 0.15) is 13.8 Å². The van der Waals surface area contributed by atoms with Crippen LogP contribution in [0.2, 0.25) is 5.02 Å². The molecule has 11 nitrogen and oxygen atoms in total. The van der Waals surface area contributed by atoms with Gasteiger partial charge in [-0.05, 0) is 24.3 Å². The van der Waals surface area contributed by atoms with Crippen molar-refractivity contribution in [3.63, 3.8) is 0 Å². The van der Waals surface area contributed by atoms with E-state index < -0.39 is 16.1 Å². The second-order valence-electron chi connectivity index (χ2n) is 7.12. The van der Waals surface area contributed by atoms with E-state index >= 15 is 0 Å². The van der Waals surface area contributed by atoms with Gasteiger partial charge in [-0.1, -0.05) is 30.7 Å². The number of halogens is 1. The van der Waals surface area contributed by atoms with Crippen molar-refractivity contribution in [2.24, 2.45) is 0 Å². The fourth-order valence-corrected chi connectivity index (χ4v) is 5.11. The molecule has 3 rings (SSSR count). The lowest BCUT2D eigenvalue weighted by molar-refractivity contribution is 0.251. The van der Waals surface area contributed by atoms with E-state index in [4.69, 9.17) is 21.1 Å².